The molecule has 0 fully saturated rings. The van der Waals surface area contributed by atoms with E-state index in [0.29, 0.717) is 23.7 Å². The summed E-state index contributed by atoms with van der Waals surface area (Å²) >= 11 is 1.16. The van der Waals surface area contributed by atoms with Crippen molar-refractivity contribution in [2.45, 2.75) is 31.5 Å². The summed E-state index contributed by atoms with van der Waals surface area (Å²) in [5.74, 6) is 1.22. The van der Waals surface area contributed by atoms with Crippen molar-refractivity contribution in [2.24, 2.45) is 0 Å². The van der Waals surface area contributed by atoms with E-state index in [-0.39, 0.29) is 10.7 Å². The highest BCUT2D eigenvalue weighted by molar-refractivity contribution is 7.99. The van der Waals surface area contributed by atoms with Gasteiger partial charge in [0, 0.05) is 5.56 Å². The average molecular weight is 366 g/mol. The number of aromatic nitrogens is 1. The lowest BCUT2D eigenvalue weighted by atomic mass is 10.1. The van der Waals surface area contributed by atoms with Crippen LogP contribution in [-0.4, -0.2) is 17.3 Å². The number of ether oxygens (including phenoxy) is 1. The van der Waals surface area contributed by atoms with Crippen LogP contribution in [0.1, 0.15) is 31.4 Å². The SMILES string of the molecule is CCCSc1nc(-c2ccc(OCC)cc2)cc(C(F)(F)F)c1C#N. The number of pyridine rings is 1. The van der Waals surface area contributed by atoms with Crippen molar-refractivity contribution in [3.05, 3.63) is 41.5 Å². The van der Waals surface area contributed by atoms with Gasteiger partial charge in [0.15, 0.2) is 0 Å². The normalized spacial score (nSPS) is 11.2. The molecule has 132 valence electrons. The smallest absolute Gasteiger partial charge is 0.417 e. The van der Waals surface area contributed by atoms with Gasteiger partial charge in [-0.1, -0.05) is 6.92 Å². The van der Waals surface area contributed by atoms with E-state index < -0.39 is 17.3 Å². The lowest BCUT2D eigenvalue weighted by Gasteiger charge is -2.14. The zero-order valence-electron chi connectivity index (χ0n) is 13.9. The Bertz CT molecular complexity index is 768. The van der Waals surface area contributed by atoms with Gasteiger partial charge in [-0.15, -0.1) is 11.8 Å². The molecule has 0 atom stereocenters. The van der Waals surface area contributed by atoms with E-state index in [4.69, 9.17) is 4.74 Å². The minimum absolute atomic E-state index is 0.114. The van der Waals surface area contributed by atoms with Gasteiger partial charge in [0.05, 0.1) is 23.4 Å². The predicted molar refractivity (Wildman–Crippen MR) is 91.6 cm³/mol. The number of rotatable bonds is 6. The highest BCUT2D eigenvalue weighted by Gasteiger charge is 2.36. The first-order valence-corrected chi connectivity index (χ1v) is 8.77. The number of nitrogens with zero attached hydrogens (tertiary/aromatic N) is 2. The van der Waals surface area contributed by atoms with E-state index in [9.17, 15) is 18.4 Å². The van der Waals surface area contributed by atoms with Crippen molar-refractivity contribution in [3.8, 4) is 23.1 Å². The van der Waals surface area contributed by atoms with Gasteiger partial charge in [-0.05, 0) is 49.4 Å². The molecule has 0 saturated carbocycles. The Kier molecular flexibility index (Phi) is 6.32. The molecule has 0 N–H and O–H groups in total. The average Bonchev–Trinajstić information content (AvgIpc) is 2.59. The van der Waals surface area contributed by atoms with E-state index in [1.807, 2.05) is 13.8 Å². The standard InChI is InChI=1S/C18H17F3N2OS/c1-3-9-25-17-14(11-22)15(18(19,20)21)10-16(23-17)12-5-7-13(8-6-12)24-4-2/h5-8,10H,3-4,9H2,1-2H3. The number of thioether (sulfide) groups is 1. The quantitative estimate of drug-likeness (QED) is 0.630. The summed E-state index contributed by atoms with van der Waals surface area (Å²) in [6.07, 6.45) is -3.85. The zero-order valence-corrected chi connectivity index (χ0v) is 14.7. The summed E-state index contributed by atoms with van der Waals surface area (Å²) in [6.45, 7) is 4.27. The molecule has 0 aliphatic carbocycles. The van der Waals surface area contributed by atoms with Crippen molar-refractivity contribution in [1.82, 2.24) is 4.98 Å². The molecule has 0 amide bonds. The third-order valence-electron chi connectivity index (χ3n) is 3.31. The van der Waals surface area contributed by atoms with Gasteiger partial charge in [-0.25, -0.2) is 4.98 Å². The molecule has 0 unspecified atom stereocenters. The largest absolute Gasteiger partial charge is 0.494 e. The Morgan fingerprint density at radius 3 is 2.40 bits per heavy atom. The second kappa shape index (κ2) is 8.26. The summed E-state index contributed by atoms with van der Waals surface area (Å²) < 4.78 is 45.5. The molecule has 1 aromatic carbocycles. The molecule has 3 nitrogen and oxygen atoms in total. The van der Waals surface area contributed by atoms with Gasteiger partial charge in [0.1, 0.15) is 16.8 Å². The second-order valence-electron chi connectivity index (χ2n) is 5.15. The Hall–Kier alpha value is -2.20. The molecule has 0 radical (unpaired) electrons. The fourth-order valence-electron chi connectivity index (χ4n) is 2.19. The fourth-order valence-corrected chi connectivity index (χ4v) is 3.05. The second-order valence-corrected chi connectivity index (χ2v) is 6.23. The van der Waals surface area contributed by atoms with Crippen LogP contribution < -0.4 is 4.74 Å². The molecular formula is C18H17F3N2OS. The van der Waals surface area contributed by atoms with Crippen molar-refractivity contribution < 1.29 is 17.9 Å². The molecule has 0 bridgehead atoms. The van der Waals surface area contributed by atoms with Crippen LogP contribution in [0.4, 0.5) is 13.2 Å². The maximum Gasteiger partial charge on any atom is 0.417 e. The number of benzene rings is 1. The van der Waals surface area contributed by atoms with E-state index in [0.717, 1.165) is 24.2 Å². The van der Waals surface area contributed by atoms with Crippen LogP contribution in [0.25, 0.3) is 11.3 Å². The van der Waals surface area contributed by atoms with Crippen LogP contribution in [0.15, 0.2) is 35.4 Å². The van der Waals surface area contributed by atoms with Gasteiger partial charge in [-0.3, -0.25) is 0 Å². The maximum atomic E-state index is 13.4. The Balaban J connectivity index is 2.55. The van der Waals surface area contributed by atoms with Gasteiger partial charge in [0.2, 0.25) is 0 Å². The van der Waals surface area contributed by atoms with Crippen LogP contribution in [0.5, 0.6) is 5.75 Å². The summed E-state index contributed by atoms with van der Waals surface area (Å²) in [6, 6.07) is 9.29. The molecule has 0 aliphatic heterocycles. The highest BCUT2D eigenvalue weighted by atomic mass is 32.2. The topological polar surface area (TPSA) is 45.9 Å². The monoisotopic (exact) mass is 366 g/mol. The summed E-state index contributed by atoms with van der Waals surface area (Å²) in [7, 11) is 0. The van der Waals surface area contributed by atoms with Gasteiger partial charge in [-0.2, -0.15) is 18.4 Å². The molecule has 2 rings (SSSR count). The van der Waals surface area contributed by atoms with Crippen LogP contribution in [0.2, 0.25) is 0 Å². The molecule has 25 heavy (non-hydrogen) atoms. The lowest BCUT2D eigenvalue weighted by Crippen LogP contribution is -2.10. The van der Waals surface area contributed by atoms with Crippen molar-refractivity contribution in [2.75, 3.05) is 12.4 Å². The molecule has 2 aromatic rings. The van der Waals surface area contributed by atoms with Crippen LogP contribution in [0, 0.1) is 11.3 Å². The number of hydrogen-bond donors (Lipinski definition) is 0. The minimum Gasteiger partial charge on any atom is -0.494 e. The zero-order chi connectivity index (χ0) is 18.4. The molecule has 0 aliphatic rings. The van der Waals surface area contributed by atoms with E-state index in [2.05, 4.69) is 4.98 Å². The van der Waals surface area contributed by atoms with Crippen molar-refractivity contribution in [3.63, 3.8) is 0 Å². The fraction of sp³-hybridized carbons (Fsp3) is 0.333. The number of halogens is 3. The molecule has 1 aromatic heterocycles. The maximum absolute atomic E-state index is 13.4. The summed E-state index contributed by atoms with van der Waals surface area (Å²) in [4.78, 5) is 4.30. The summed E-state index contributed by atoms with van der Waals surface area (Å²) in [5.41, 5.74) is -0.641. The number of nitriles is 1. The van der Waals surface area contributed by atoms with Crippen molar-refractivity contribution >= 4 is 11.8 Å². The molecule has 0 saturated heterocycles. The Morgan fingerprint density at radius 2 is 1.88 bits per heavy atom. The molecule has 1 heterocycles. The minimum atomic E-state index is -4.62. The number of alkyl halides is 3. The van der Waals surface area contributed by atoms with Crippen LogP contribution in [-0.2, 0) is 6.18 Å². The highest BCUT2D eigenvalue weighted by Crippen LogP contribution is 2.38. The van der Waals surface area contributed by atoms with E-state index >= 15 is 0 Å². The van der Waals surface area contributed by atoms with Crippen LogP contribution >= 0.6 is 11.8 Å². The molecular weight excluding hydrogens is 349 g/mol. The van der Waals surface area contributed by atoms with E-state index in [1.54, 1.807) is 30.3 Å². The molecule has 7 heteroatoms. The number of hydrogen-bond acceptors (Lipinski definition) is 4. The lowest BCUT2D eigenvalue weighted by molar-refractivity contribution is -0.138. The van der Waals surface area contributed by atoms with Crippen molar-refractivity contribution in [1.29, 1.82) is 5.26 Å². The first-order valence-electron chi connectivity index (χ1n) is 7.79. The van der Waals surface area contributed by atoms with Gasteiger partial charge < -0.3 is 4.74 Å². The molecule has 0 spiro atoms. The first kappa shape index (κ1) is 19.1. The van der Waals surface area contributed by atoms with E-state index in [1.165, 1.54) is 0 Å². The third kappa shape index (κ3) is 4.67. The van der Waals surface area contributed by atoms with Gasteiger partial charge in [0.25, 0.3) is 0 Å². The summed E-state index contributed by atoms with van der Waals surface area (Å²) in [5, 5.41) is 9.31. The third-order valence-corrected chi connectivity index (χ3v) is 4.49. The Labute approximate surface area is 148 Å². The van der Waals surface area contributed by atoms with Gasteiger partial charge >= 0.3 is 6.18 Å². The van der Waals surface area contributed by atoms with Crippen LogP contribution in [0.3, 0.4) is 0 Å². The predicted octanol–water partition coefficient (Wildman–Crippen LogP) is 5.54. The first-order chi connectivity index (χ1) is 11.9. The Morgan fingerprint density at radius 1 is 1.20 bits per heavy atom.